The highest BCUT2D eigenvalue weighted by atomic mass is 16.1. The van der Waals surface area contributed by atoms with Gasteiger partial charge in [0.05, 0.1) is 0 Å². The van der Waals surface area contributed by atoms with E-state index in [1.807, 2.05) is 18.2 Å². The van der Waals surface area contributed by atoms with Gasteiger partial charge in [-0.1, -0.05) is 12.5 Å². The van der Waals surface area contributed by atoms with Crippen molar-refractivity contribution in [1.82, 2.24) is 4.90 Å². The fraction of sp³-hybridized carbons (Fsp3) is 0.533. The number of carbonyl (C=O) groups is 1. The van der Waals surface area contributed by atoms with Gasteiger partial charge in [-0.3, -0.25) is 4.79 Å². The van der Waals surface area contributed by atoms with Crippen molar-refractivity contribution in [3.63, 3.8) is 0 Å². The van der Waals surface area contributed by atoms with Crippen LogP contribution in [0.25, 0.3) is 0 Å². The molecular formula is C15H23N3O. The van der Waals surface area contributed by atoms with Gasteiger partial charge in [0, 0.05) is 17.8 Å². The van der Waals surface area contributed by atoms with Crippen LogP contribution in [0.4, 0.5) is 11.4 Å². The fourth-order valence-corrected chi connectivity index (χ4v) is 2.49. The maximum absolute atomic E-state index is 11.8. The Bertz CT molecular complexity index is 414. The number of piperidine rings is 1. The Morgan fingerprint density at radius 2 is 2.05 bits per heavy atom. The molecule has 1 amide bonds. The van der Waals surface area contributed by atoms with Gasteiger partial charge in [-0.25, -0.2) is 0 Å². The van der Waals surface area contributed by atoms with Gasteiger partial charge in [0.1, 0.15) is 0 Å². The molecule has 1 aliphatic heterocycles. The monoisotopic (exact) mass is 261 g/mol. The molecule has 1 heterocycles. The standard InChI is InChI=1S/C15H23N3O/c16-13-6-4-7-14(12-13)17-15(19)8-5-11-18-9-2-1-3-10-18/h4,6-7,12H,1-3,5,8-11,16H2,(H,17,19). The molecule has 0 aromatic heterocycles. The van der Waals surface area contributed by atoms with Gasteiger partial charge in [0.2, 0.25) is 5.91 Å². The van der Waals surface area contributed by atoms with E-state index in [1.165, 1.54) is 32.4 Å². The molecule has 0 radical (unpaired) electrons. The maximum Gasteiger partial charge on any atom is 0.224 e. The highest BCUT2D eigenvalue weighted by molar-refractivity contribution is 5.91. The molecule has 3 N–H and O–H groups in total. The van der Waals surface area contributed by atoms with Crippen LogP contribution in [0.2, 0.25) is 0 Å². The molecule has 1 aromatic rings. The number of hydrogen-bond acceptors (Lipinski definition) is 3. The minimum absolute atomic E-state index is 0.0719. The van der Waals surface area contributed by atoms with Crippen molar-refractivity contribution in [2.45, 2.75) is 32.1 Å². The van der Waals surface area contributed by atoms with Crippen LogP contribution < -0.4 is 11.1 Å². The van der Waals surface area contributed by atoms with E-state index in [0.29, 0.717) is 12.1 Å². The topological polar surface area (TPSA) is 58.4 Å². The first-order chi connectivity index (χ1) is 9.24. The minimum Gasteiger partial charge on any atom is -0.399 e. The Morgan fingerprint density at radius 1 is 1.26 bits per heavy atom. The predicted molar refractivity (Wildman–Crippen MR) is 79.0 cm³/mol. The quantitative estimate of drug-likeness (QED) is 0.801. The summed E-state index contributed by atoms with van der Waals surface area (Å²) in [6, 6.07) is 7.30. The van der Waals surface area contributed by atoms with Crippen molar-refractivity contribution in [1.29, 1.82) is 0 Å². The fourth-order valence-electron chi connectivity index (χ4n) is 2.49. The van der Waals surface area contributed by atoms with Gasteiger partial charge in [0.15, 0.2) is 0 Å². The number of anilines is 2. The van der Waals surface area contributed by atoms with E-state index >= 15 is 0 Å². The van der Waals surface area contributed by atoms with E-state index in [9.17, 15) is 4.79 Å². The van der Waals surface area contributed by atoms with Crippen LogP contribution in [0, 0.1) is 0 Å². The molecule has 4 heteroatoms. The SMILES string of the molecule is Nc1cccc(NC(=O)CCCN2CCCCC2)c1. The van der Waals surface area contributed by atoms with Crippen LogP contribution in [-0.4, -0.2) is 30.4 Å². The molecule has 0 atom stereocenters. The Hall–Kier alpha value is -1.55. The van der Waals surface area contributed by atoms with Crippen LogP contribution in [0.15, 0.2) is 24.3 Å². The lowest BCUT2D eigenvalue weighted by molar-refractivity contribution is -0.116. The maximum atomic E-state index is 11.8. The molecule has 1 aromatic carbocycles. The number of nitrogens with zero attached hydrogens (tertiary/aromatic N) is 1. The average molecular weight is 261 g/mol. The van der Waals surface area contributed by atoms with E-state index in [0.717, 1.165) is 18.7 Å². The molecule has 104 valence electrons. The number of nitrogens with one attached hydrogen (secondary N) is 1. The zero-order chi connectivity index (χ0) is 13.5. The molecule has 1 aliphatic rings. The number of nitrogen functional groups attached to an aromatic ring is 1. The summed E-state index contributed by atoms with van der Waals surface area (Å²) < 4.78 is 0. The van der Waals surface area contributed by atoms with Crippen LogP contribution in [0.1, 0.15) is 32.1 Å². The first-order valence-corrected chi connectivity index (χ1v) is 7.12. The number of carbonyl (C=O) groups excluding carboxylic acids is 1. The molecule has 0 spiro atoms. The van der Waals surface area contributed by atoms with Gasteiger partial charge in [-0.2, -0.15) is 0 Å². The Balaban J connectivity index is 1.67. The van der Waals surface area contributed by atoms with E-state index in [2.05, 4.69) is 10.2 Å². The summed E-state index contributed by atoms with van der Waals surface area (Å²) in [5, 5.41) is 2.88. The second-order valence-corrected chi connectivity index (χ2v) is 5.18. The largest absolute Gasteiger partial charge is 0.399 e. The highest BCUT2D eigenvalue weighted by Gasteiger charge is 2.10. The number of hydrogen-bond donors (Lipinski definition) is 2. The lowest BCUT2D eigenvalue weighted by atomic mass is 10.1. The number of rotatable bonds is 5. The Kier molecular flexibility index (Phi) is 5.21. The van der Waals surface area contributed by atoms with Gasteiger partial charge in [0.25, 0.3) is 0 Å². The summed E-state index contributed by atoms with van der Waals surface area (Å²) in [5.74, 6) is 0.0719. The zero-order valence-corrected chi connectivity index (χ0v) is 11.4. The van der Waals surface area contributed by atoms with Gasteiger partial charge in [-0.15, -0.1) is 0 Å². The third-order valence-corrected chi connectivity index (χ3v) is 3.50. The van der Waals surface area contributed by atoms with Crippen LogP contribution in [-0.2, 0) is 4.79 Å². The van der Waals surface area contributed by atoms with E-state index in [1.54, 1.807) is 6.07 Å². The van der Waals surface area contributed by atoms with E-state index in [4.69, 9.17) is 5.73 Å². The Labute approximate surface area is 115 Å². The summed E-state index contributed by atoms with van der Waals surface area (Å²) in [4.78, 5) is 14.3. The van der Waals surface area contributed by atoms with E-state index in [-0.39, 0.29) is 5.91 Å². The van der Waals surface area contributed by atoms with Crippen LogP contribution in [0.3, 0.4) is 0 Å². The molecule has 0 saturated carbocycles. The summed E-state index contributed by atoms with van der Waals surface area (Å²) in [6.07, 6.45) is 5.46. The predicted octanol–water partition coefficient (Wildman–Crippen LogP) is 2.47. The number of nitrogens with two attached hydrogens (primary N) is 1. The summed E-state index contributed by atoms with van der Waals surface area (Å²) in [7, 11) is 0. The highest BCUT2D eigenvalue weighted by Crippen LogP contribution is 2.13. The molecule has 19 heavy (non-hydrogen) atoms. The number of benzene rings is 1. The normalized spacial score (nSPS) is 16.2. The summed E-state index contributed by atoms with van der Waals surface area (Å²) >= 11 is 0. The first-order valence-electron chi connectivity index (χ1n) is 7.12. The molecule has 0 unspecified atom stereocenters. The second-order valence-electron chi connectivity index (χ2n) is 5.18. The summed E-state index contributed by atoms with van der Waals surface area (Å²) in [6.45, 7) is 3.41. The molecule has 1 saturated heterocycles. The van der Waals surface area contributed by atoms with Gasteiger partial charge >= 0.3 is 0 Å². The third kappa shape index (κ3) is 4.91. The molecule has 1 fully saturated rings. The summed E-state index contributed by atoms with van der Waals surface area (Å²) in [5.41, 5.74) is 7.13. The van der Waals surface area contributed by atoms with Crippen molar-refractivity contribution in [3.05, 3.63) is 24.3 Å². The zero-order valence-electron chi connectivity index (χ0n) is 11.4. The molecule has 2 rings (SSSR count). The smallest absolute Gasteiger partial charge is 0.224 e. The van der Waals surface area contributed by atoms with Crippen molar-refractivity contribution in [3.8, 4) is 0 Å². The van der Waals surface area contributed by atoms with Crippen molar-refractivity contribution >= 4 is 17.3 Å². The number of likely N-dealkylation sites (tertiary alicyclic amines) is 1. The van der Waals surface area contributed by atoms with Crippen LogP contribution >= 0.6 is 0 Å². The van der Waals surface area contributed by atoms with Crippen molar-refractivity contribution in [2.24, 2.45) is 0 Å². The third-order valence-electron chi connectivity index (χ3n) is 3.50. The first kappa shape index (κ1) is 13.9. The van der Waals surface area contributed by atoms with Gasteiger partial charge in [-0.05, 0) is 57.1 Å². The number of amides is 1. The van der Waals surface area contributed by atoms with Crippen LogP contribution in [0.5, 0.6) is 0 Å². The lowest BCUT2D eigenvalue weighted by Gasteiger charge is -2.26. The molecule has 0 bridgehead atoms. The van der Waals surface area contributed by atoms with Crippen molar-refractivity contribution in [2.75, 3.05) is 30.7 Å². The van der Waals surface area contributed by atoms with Crippen molar-refractivity contribution < 1.29 is 4.79 Å². The Morgan fingerprint density at radius 3 is 2.79 bits per heavy atom. The average Bonchev–Trinajstić information content (AvgIpc) is 2.40. The molecular weight excluding hydrogens is 238 g/mol. The van der Waals surface area contributed by atoms with E-state index < -0.39 is 0 Å². The minimum atomic E-state index is 0.0719. The molecule has 0 aliphatic carbocycles. The molecule has 4 nitrogen and oxygen atoms in total. The second kappa shape index (κ2) is 7.14. The lowest BCUT2D eigenvalue weighted by Crippen LogP contribution is -2.31. The van der Waals surface area contributed by atoms with Gasteiger partial charge < -0.3 is 16.0 Å².